The van der Waals surface area contributed by atoms with Crippen LogP contribution in [0.25, 0.3) is 0 Å². The number of carbonyl (C=O) groups excluding carboxylic acids is 1. The Morgan fingerprint density at radius 3 is 2.50 bits per heavy atom. The zero-order valence-corrected chi connectivity index (χ0v) is 12.5. The molecule has 22 heavy (non-hydrogen) atoms. The number of benzene rings is 2. The van der Waals surface area contributed by atoms with Gasteiger partial charge in [-0.3, -0.25) is 14.9 Å². The minimum absolute atomic E-state index is 0.0919. The van der Waals surface area contributed by atoms with Crippen molar-refractivity contribution >= 4 is 41.0 Å². The molecule has 2 aromatic carbocycles. The van der Waals surface area contributed by atoms with Crippen molar-refractivity contribution in [2.75, 3.05) is 0 Å². The van der Waals surface area contributed by atoms with Crippen LogP contribution in [0.2, 0.25) is 10.0 Å². The van der Waals surface area contributed by atoms with E-state index in [1.165, 1.54) is 30.5 Å². The number of hydrogen-bond acceptors (Lipinski definition) is 4. The Hall–Kier alpha value is -2.44. The van der Waals surface area contributed by atoms with E-state index in [4.69, 9.17) is 23.2 Å². The Bertz CT molecular complexity index is 745. The molecule has 2 rings (SSSR count). The average molecular weight is 338 g/mol. The second-order valence-corrected chi connectivity index (χ2v) is 4.93. The molecule has 1 amide bonds. The molecule has 0 bridgehead atoms. The number of non-ortho nitro benzene ring substituents is 1. The first-order valence-corrected chi connectivity index (χ1v) is 6.76. The van der Waals surface area contributed by atoms with Crippen molar-refractivity contribution < 1.29 is 9.72 Å². The predicted octanol–water partition coefficient (Wildman–Crippen LogP) is 3.67. The summed E-state index contributed by atoms with van der Waals surface area (Å²) in [5.41, 5.74) is 3.01. The van der Waals surface area contributed by atoms with E-state index in [-0.39, 0.29) is 11.3 Å². The molecule has 8 heteroatoms. The lowest BCUT2D eigenvalue weighted by Gasteiger charge is -2.01. The summed E-state index contributed by atoms with van der Waals surface area (Å²) in [7, 11) is 0. The number of hydrazone groups is 1. The van der Waals surface area contributed by atoms with Crippen LogP contribution < -0.4 is 5.43 Å². The van der Waals surface area contributed by atoms with Crippen LogP contribution in [0, 0.1) is 10.1 Å². The SMILES string of the molecule is O=C(N/N=C/c1cccc(Cl)c1Cl)c1ccc([N+](=O)[O-])cc1. The van der Waals surface area contributed by atoms with E-state index < -0.39 is 10.8 Å². The lowest BCUT2D eigenvalue weighted by molar-refractivity contribution is -0.384. The Morgan fingerprint density at radius 2 is 1.86 bits per heavy atom. The highest BCUT2D eigenvalue weighted by molar-refractivity contribution is 6.43. The third-order valence-electron chi connectivity index (χ3n) is 2.69. The molecule has 0 atom stereocenters. The van der Waals surface area contributed by atoms with Crippen LogP contribution in [0.3, 0.4) is 0 Å². The van der Waals surface area contributed by atoms with Gasteiger partial charge in [0.2, 0.25) is 0 Å². The molecule has 0 aliphatic carbocycles. The second kappa shape index (κ2) is 7.02. The molecule has 0 saturated heterocycles. The van der Waals surface area contributed by atoms with E-state index in [0.29, 0.717) is 15.6 Å². The molecule has 0 aromatic heterocycles. The minimum atomic E-state index is -0.541. The van der Waals surface area contributed by atoms with E-state index in [1.54, 1.807) is 18.2 Å². The largest absolute Gasteiger partial charge is 0.271 e. The van der Waals surface area contributed by atoms with Crippen LogP contribution in [0.4, 0.5) is 5.69 Å². The lowest BCUT2D eigenvalue weighted by Crippen LogP contribution is -2.17. The zero-order chi connectivity index (χ0) is 16.1. The van der Waals surface area contributed by atoms with Gasteiger partial charge in [0, 0.05) is 23.3 Å². The molecule has 2 aromatic rings. The van der Waals surface area contributed by atoms with Crippen molar-refractivity contribution in [2.45, 2.75) is 0 Å². The van der Waals surface area contributed by atoms with E-state index in [0.717, 1.165) is 0 Å². The van der Waals surface area contributed by atoms with Crippen LogP contribution in [0.5, 0.6) is 0 Å². The van der Waals surface area contributed by atoms with E-state index in [1.807, 2.05) is 0 Å². The summed E-state index contributed by atoms with van der Waals surface area (Å²) in [6.07, 6.45) is 1.36. The minimum Gasteiger partial charge on any atom is -0.267 e. The Kier molecular flexibility index (Phi) is 5.08. The summed E-state index contributed by atoms with van der Waals surface area (Å²) >= 11 is 11.8. The topological polar surface area (TPSA) is 84.6 Å². The number of hydrogen-bond donors (Lipinski definition) is 1. The van der Waals surface area contributed by atoms with Crippen LogP contribution in [0.1, 0.15) is 15.9 Å². The summed E-state index contributed by atoms with van der Waals surface area (Å²) < 4.78 is 0. The number of halogens is 2. The molecule has 0 fully saturated rings. The summed E-state index contributed by atoms with van der Waals surface area (Å²) in [6.45, 7) is 0. The number of nitro groups is 1. The standard InChI is InChI=1S/C14H9Cl2N3O3/c15-12-3-1-2-10(13(12)16)8-17-18-14(20)9-4-6-11(7-5-9)19(21)22/h1-8H,(H,18,20)/b17-8+. The first-order valence-electron chi connectivity index (χ1n) is 6.01. The molecular weight excluding hydrogens is 329 g/mol. The Morgan fingerprint density at radius 1 is 1.18 bits per heavy atom. The number of nitro benzene ring substituents is 1. The fourth-order valence-corrected chi connectivity index (χ4v) is 1.94. The van der Waals surface area contributed by atoms with Crippen molar-refractivity contribution in [1.82, 2.24) is 5.43 Å². The number of nitrogens with zero attached hydrogens (tertiary/aromatic N) is 2. The van der Waals surface area contributed by atoms with Gasteiger partial charge in [-0.1, -0.05) is 35.3 Å². The van der Waals surface area contributed by atoms with E-state index in [2.05, 4.69) is 10.5 Å². The van der Waals surface area contributed by atoms with Crippen LogP contribution in [0.15, 0.2) is 47.6 Å². The first-order chi connectivity index (χ1) is 10.5. The third-order valence-corrected chi connectivity index (χ3v) is 3.53. The molecule has 0 aliphatic rings. The molecular formula is C14H9Cl2N3O3. The van der Waals surface area contributed by atoms with Gasteiger partial charge in [0.25, 0.3) is 11.6 Å². The third kappa shape index (κ3) is 3.81. The summed E-state index contributed by atoms with van der Waals surface area (Å²) in [5.74, 6) is -0.496. The van der Waals surface area contributed by atoms with Gasteiger partial charge in [-0.25, -0.2) is 5.43 Å². The fourth-order valence-electron chi connectivity index (χ4n) is 1.58. The molecule has 0 heterocycles. The second-order valence-electron chi connectivity index (χ2n) is 4.15. The molecule has 0 spiro atoms. The summed E-state index contributed by atoms with van der Waals surface area (Å²) in [6, 6.07) is 10.2. The summed E-state index contributed by atoms with van der Waals surface area (Å²) in [4.78, 5) is 21.8. The van der Waals surface area contributed by atoms with Crippen molar-refractivity contribution in [3.05, 3.63) is 73.8 Å². The number of amides is 1. The highest BCUT2D eigenvalue weighted by atomic mass is 35.5. The van der Waals surface area contributed by atoms with E-state index in [9.17, 15) is 14.9 Å². The van der Waals surface area contributed by atoms with Crippen molar-refractivity contribution in [2.24, 2.45) is 5.10 Å². The summed E-state index contributed by atoms with van der Waals surface area (Å²) in [5, 5.41) is 15.0. The van der Waals surface area contributed by atoms with E-state index >= 15 is 0 Å². The maximum absolute atomic E-state index is 11.8. The number of nitrogens with one attached hydrogen (secondary N) is 1. The smallest absolute Gasteiger partial charge is 0.267 e. The van der Waals surface area contributed by atoms with Crippen LogP contribution >= 0.6 is 23.2 Å². The van der Waals surface area contributed by atoms with Gasteiger partial charge in [0.05, 0.1) is 21.2 Å². The number of carbonyl (C=O) groups is 1. The van der Waals surface area contributed by atoms with Gasteiger partial charge in [-0.2, -0.15) is 5.10 Å². The van der Waals surface area contributed by atoms with Gasteiger partial charge < -0.3 is 0 Å². The average Bonchev–Trinajstić information content (AvgIpc) is 2.51. The fraction of sp³-hybridized carbons (Fsp3) is 0. The highest BCUT2D eigenvalue weighted by Gasteiger charge is 2.08. The van der Waals surface area contributed by atoms with Gasteiger partial charge in [-0.15, -0.1) is 0 Å². The van der Waals surface area contributed by atoms with Gasteiger partial charge in [0.15, 0.2) is 0 Å². The first kappa shape index (κ1) is 15.9. The molecule has 0 radical (unpaired) electrons. The monoisotopic (exact) mass is 337 g/mol. The van der Waals surface area contributed by atoms with Crippen molar-refractivity contribution in [3.8, 4) is 0 Å². The Labute approximate surface area is 135 Å². The normalized spacial score (nSPS) is 10.6. The molecule has 1 N–H and O–H groups in total. The van der Waals surface area contributed by atoms with Gasteiger partial charge in [-0.05, 0) is 18.2 Å². The van der Waals surface area contributed by atoms with Crippen molar-refractivity contribution in [1.29, 1.82) is 0 Å². The van der Waals surface area contributed by atoms with Gasteiger partial charge in [0.1, 0.15) is 0 Å². The quantitative estimate of drug-likeness (QED) is 0.524. The lowest BCUT2D eigenvalue weighted by atomic mass is 10.2. The molecule has 0 aliphatic heterocycles. The maximum Gasteiger partial charge on any atom is 0.271 e. The molecule has 6 nitrogen and oxygen atoms in total. The van der Waals surface area contributed by atoms with Crippen LogP contribution in [-0.2, 0) is 0 Å². The predicted molar refractivity (Wildman–Crippen MR) is 84.6 cm³/mol. The maximum atomic E-state index is 11.8. The molecule has 112 valence electrons. The molecule has 0 saturated carbocycles. The zero-order valence-electron chi connectivity index (χ0n) is 11.0. The van der Waals surface area contributed by atoms with Crippen LogP contribution in [-0.4, -0.2) is 17.0 Å². The Balaban J connectivity index is 2.04. The van der Waals surface area contributed by atoms with Crippen molar-refractivity contribution in [3.63, 3.8) is 0 Å². The molecule has 0 unspecified atom stereocenters. The number of rotatable bonds is 4. The highest BCUT2D eigenvalue weighted by Crippen LogP contribution is 2.24. The van der Waals surface area contributed by atoms with Gasteiger partial charge >= 0.3 is 0 Å².